The molecule has 0 radical (unpaired) electrons. The zero-order valence-electron chi connectivity index (χ0n) is 4.22. The molecule has 0 aromatic carbocycles. The first-order chi connectivity index (χ1) is 0. The van der Waals surface area contributed by atoms with Crippen LogP contribution in [0.3, 0.4) is 0 Å². The van der Waals surface area contributed by atoms with E-state index in [1.165, 1.54) is 0 Å². The van der Waals surface area contributed by atoms with Crippen LogP contribution in [-0.4, -0.2) is 5.48 Å². The fraction of sp³-hybridized carbons (Fsp3) is 0. The van der Waals surface area contributed by atoms with Gasteiger partial charge in [-0.1, -0.05) is 54.0 Å². The molecule has 0 saturated carbocycles. The molecule has 72 valence electrons. The van der Waals surface area contributed by atoms with Crippen molar-refractivity contribution in [3.8, 4) is 0 Å². The van der Waals surface area contributed by atoms with Crippen LogP contribution < -0.4 is 0 Å². The summed E-state index contributed by atoms with van der Waals surface area (Å²) in [5.41, 5.74) is 0. The van der Waals surface area contributed by atoms with Gasteiger partial charge in [0.1, 0.15) is 0 Å². The van der Waals surface area contributed by atoms with Crippen molar-refractivity contribution in [3.05, 3.63) is 0 Å². The molecule has 0 atom stereocenters. The van der Waals surface area contributed by atoms with E-state index in [4.69, 9.17) is 0 Å². The van der Waals surface area contributed by atoms with Crippen molar-refractivity contribution < 1.29 is 73.8 Å². The van der Waals surface area contributed by atoms with Gasteiger partial charge in [-0.25, -0.2) is 0 Å². The smallest absolute Gasteiger partial charge is 0 e. The average Bonchev–Trinajstić information content (AvgIpc) is 0. The van der Waals surface area contributed by atoms with Crippen molar-refractivity contribution in [2.45, 2.75) is 0 Å². The SMILES string of the molecule is O.[Fe].[Fe].[Fe].[Fe].[SH3+].[SH3+].[SH3+].[SH3+]. The van der Waals surface area contributed by atoms with Crippen LogP contribution in [-0.2, 0) is 122 Å². The molecule has 0 aromatic rings. The molecule has 1 nitrogen and oxygen atoms in total. The first-order valence-electron chi connectivity index (χ1n) is 0. The summed E-state index contributed by atoms with van der Waals surface area (Å²) in [5.74, 6) is 0. The molecule has 0 aromatic heterocycles. The molecule has 0 heterocycles. The van der Waals surface area contributed by atoms with Crippen molar-refractivity contribution in [2.75, 3.05) is 0 Å². The van der Waals surface area contributed by atoms with E-state index in [2.05, 4.69) is 0 Å². The summed E-state index contributed by atoms with van der Waals surface area (Å²) in [6.45, 7) is 0. The molecule has 0 rings (SSSR count). The number of hydrogen-bond acceptors (Lipinski definition) is 0. The molecular weight excluding hydrogens is 368 g/mol. The van der Waals surface area contributed by atoms with E-state index in [-0.39, 0.29) is 128 Å². The van der Waals surface area contributed by atoms with Crippen molar-refractivity contribution >= 4 is 54.0 Å². The quantitative estimate of drug-likeness (QED) is 0.302. The van der Waals surface area contributed by atoms with Crippen LogP contribution in [0.4, 0.5) is 0 Å². The number of rotatable bonds is 0. The maximum Gasteiger partial charge on any atom is 0 e. The minimum atomic E-state index is 0. The Morgan fingerprint density at radius 1 is 0.333 bits per heavy atom. The molecule has 0 aliphatic carbocycles. The van der Waals surface area contributed by atoms with Gasteiger partial charge in [-0.15, -0.1) is 0 Å². The molecule has 0 amide bonds. The fourth-order valence-corrected chi connectivity index (χ4v) is 0. The Bertz CT molecular complexity index is 12.5. The van der Waals surface area contributed by atoms with Gasteiger partial charge in [0.2, 0.25) is 0 Å². The fourth-order valence-electron chi connectivity index (χ4n) is 0. The van der Waals surface area contributed by atoms with Crippen LogP contribution in [0.15, 0.2) is 0 Å². The van der Waals surface area contributed by atoms with Gasteiger partial charge >= 0.3 is 0 Å². The Kier molecular flexibility index (Phi) is 1610. The summed E-state index contributed by atoms with van der Waals surface area (Å²) in [5, 5.41) is 0. The van der Waals surface area contributed by atoms with Gasteiger partial charge in [-0.05, 0) is 0 Å². The predicted octanol–water partition coefficient (Wildman–Crippen LogP) is -4.06. The molecular formula is H14Fe4OS4+4. The minimum Gasteiger partial charge on any atom is -0.412 e. The van der Waals surface area contributed by atoms with Gasteiger partial charge in [-0.3, -0.25) is 0 Å². The molecule has 0 saturated heterocycles. The largest absolute Gasteiger partial charge is 0.412 e. The van der Waals surface area contributed by atoms with Gasteiger partial charge in [0.15, 0.2) is 0 Å². The van der Waals surface area contributed by atoms with E-state index in [1.54, 1.807) is 0 Å². The second-order valence-corrected chi connectivity index (χ2v) is 0. The van der Waals surface area contributed by atoms with E-state index in [0.717, 1.165) is 0 Å². The van der Waals surface area contributed by atoms with E-state index < -0.39 is 0 Å². The Balaban J connectivity index is 0. The topological polar surface area (TPSA) is 31.5 Å². The summed E-state index contributed by atoms with van der Waals surface area (Å²) in [6, 6.07) is 0. The molecule has 0 spiro atoms. The Morgan fingerprint density at radius 2 is 0.333 bits per heavy atom. The van der Waals surface area contributed by atoms with Crippen LogP contribution in [0.25, 0.3) is 0 Å². The normalized spacial score (nSPS) is 0. The number of hydrogen-bond donors (Lipinski definition) is 0. The molecule has 9 heavy (non-hydrogen) atoms. The first kappa shape index (κ1) is 138. The van der Waals surface area contributed by atoms with Crippen LogP contribution in [0.1, 0.15) is 0 Å². The second-order valence-electron chi connectivity index (χ2n) is 0. The van der Waals surface area contributed by atoms with Gasteiger partial charge in [-0.2, -0.15) is 0 Å². The first-order valence-corrected chi connectivity index (χ1v) is 0. The predicted molar refractivity (Wildman–Crippen MR) is 49.8 cm³/mol. The molecule has 0 fully saturated rings. The second kappa shape index (κ2) is 105. The Morgan fingerprint density at radius 3 is 0.333 bits per heavy atom. The van der Waals surface area contributed by atoms with Gasteiger partial charge in [0.05, 0.1) is 0 Å². The van der Waals surface area contributed by atoms with Crippen LogP contribution in [0, 0.1) is 0 Å². The summed E-state index contributed by atoms with van der Waals surface area (Å²) in [4.78, 5) is 0. The van der Waals surface area contributed by atoms with Crippen molar-refractivity contribution in [1.29, 1.82) is 0 Å². The minimum absolute atomic E-state index is 0. The van der Waals surface area contributed by atoms with E-state index >= 15 is 0 Å². The van der Waals surface area contributed by atoms with E-state index in [9.17, 15) is 0 Å². The van der Waals surface area contributed by atoms with Crippen LogP contribution >= 0.6 is 0 Å². The third-order valence-corrected chi connectivity index (χ3v) is 0. The van der Waals surface area contributed by atoms with E-state index in [0.29, 0.717) is 0 Å². The van der Waals surface area contributed by atoms with E-state index in [1.807, 2.05) is 0 Å². The van der Waals surface area contributed by atoms with Gasteiger partial charge < -0.3 is 5.48 Å². The van der Waals surface area contributed by atoms with Gasteiger partial charge in [0, 0.05) is 68.3 Å². The Labute approximate surface area is 126 Å². The third kappa shape index (κ3) is 86.2. The molecule has 0 unspecified atom stereocenters. The third-order valence-electron chi connectivity index (χ3n) is 0. The average molecular weight is 382 g/mol. The van der Waals surface area contributed by atoms with Crippen LogP contribution in [0.2, 0.25) is 0 Å². The molecule has 9 heteroatoms. The monoisotopic (exact) mass is 382 g/mol. The summed E-state index contributed by atoms with van der Waals surface area (Å²) >= 11 is 0. The van der Waals surface area contributed by atoms with Gasteiger partial charge in [0.25, 0.3) is 0 Å². The maximum atomic E-state index is 0. The van der Waals surface area contributed by atoms with Crippen molar-refractivity contribution in [3.63, 3.8) is 0 Å². The molecule has 0 aliphatic heterocycles. The summed E-state index contributed by atoms with van der Waals surface area (Å²) < 4.78 is 0. The zero-order chi connectivity index (χ0) is 0. The maximum absolute atomic E-state index is 0. The molecule has 0 bridgehead atoms. The summed E-state index contributed by atoms with van der Waals surface area (Å²) in [7, 11) is 0. The van der Waals surface area contributed by atoms with Crippen molar-refractivity contribution in [1.82, 2.24) is 0 Å². The summed E-state index contributed by atoms with van der Waals surface area (Å²) in [6.07, 6.45) is 0. The Hall–Kier alpha value is 3.44. The zero-order valence-corrected chi connectivity index (χ0v) is 13.3. The molecule has 2 N–H and O–H groups in total. The van der Waals surface area contributed by atoms with Crippen molar-refractivity contribution in [2.24, 2.45) is 0 Å². The van der Waals surface area contributed by atoms with Crippen LogP contribution in [0.5, 0.6) is 0 Å². The molecule has 0 aliphatic rings. The standard InChI is InChI=1S/4Fe.H2O.4H2S/h;;;;5*1H2/p+4.